The summed E-state index contributed by atoms with van der Waals surface area (Å²) in [5.74, 6) is -0.00125. The Labute approximate surface area is 108 Å². The van der Waals surface area contributed by atoms with E-state index in [0.29, 0.717) is 0 Å². The monoisotopic (exact) mass is 241 g/mol. The molecule has 0 aliphatic heterocycles. The number of hydrogen-bond donors (Lipinski definition) is 1. The van der Waals surface area contributed by atoms with Crippen LogP contribution in [-0.4, -0.2) is 11.4 Å². The van der Waals surface area contributed by atoms with Crippen LogP contribution < -0.4 is 5.32 Å². The Bertz CT molecular complexity index is 567. The van der Waals surface area contributed by atoms with E-state index in [1.807, 2.05) is 56.3 Å². The van der Waals surface area contributed by atoms with Crippen molar-refractivity contribution in [2.24, 2.45) is 0 Å². The summed E-state index contributed by atoms with van der Waals surface area (Å²) in [5.41, 5.74) is 0.572. The molecule has 0 atom stereocenters. The van der Waals surface area contributed by atoms with Crippen molar-refractivity contribution in [3.63, 3.8) is 0 Å². The summed E-state index contributed by atoms with van der Waals surface area (Å²) in [5, 5.41) is 5.18. The van der Waals surface area contributed by atoms with Crippen molar-refractivity contribution in [1.82, 2.24) is 5.32 Å². The first-order chi connectivity index (χ1) is 8.53. The van der Waals surface area contributed by atoms with Crippen LogP contribution in [0.25, 0.3) is 10.8 Å². The molecule has 0 saturated carbocycles. The number of carbonyl (C=O) groups excluding carboxylic acids is 1. The van der Waals surface area contributed by atoms with Gasteiger partial charge < -0.3 is 5.32 Å². The van der Waals surface area contributed by atoms with Gasteiger partial charge in [-0.3, -0.25) is 4.79 Å². The predicted octanol–water partition coefficient (Wildman–Crippen LogP) is 3.76. The standard InChI is InChI=1S/C16H19NO/c1-4-16(2,3)17-15(18)14-11-7-9-12-8-5-6-10-13(12)14/h5-11H,4H2,1-3H3,(H,17,18). The number of rotatable bonds is 3. The quantitative estimate of drug-likeness (QED) is 0.871. The van der Waals surface area contributed by atoms with Gasteiger partial charge in [0.1, 0.15) is 0 Å². The molecule has 2 aromatic rings. The number of carbonyl (C=O) groups is 1. The molecule has 0 saturated heterocycles. The number of fused-ring (bicyclic) bond motifs is 1. The third-order valence-corrected chi connectivity index (χ3v) is 3.37. The van der Waals surface area contributed by atoms with Crippen molar-refractivity contribution >= 4 is 16.7 Å². The van der Waals surface area contributed by atoms with Crippen LogP contribution in [0.3, 0.4) is 0 Å². The van der Waals surface area contributed by atoms with E-state index < -0.39 is 0 Å². The molecule has 0 radical (unpaired) electrons. The Morgan fingerprint density at radius 1 is 1.11 bits per heavy atom. The van der Waals surface area contributed by atoms with Crippen LogP contribution in [-0.2, 0) is 0 Å². The second kappa shape index (κ2) is 4.81. The minimum Gasteiger partial charge on any atom is -0.347 e. The van der Waals surface area contributed by atoms with Crippen LogP contribution in [0.15, 0.2) is 42.5 Å². The molecule has 0 aliphatic carbocycles. The first-order valence-corrected chi connectivity index (χ1v) is 6.34. The van der Waals surface area contributed by atoms with Crippen LogP contribution in [0.4, 0.5) is 0 Å². The smallest absolute Gasteiger partial charge is 0.252 e. The van der Waals surface area contributed by atoms with E-state index in [-0.39, 0.29) is 11.4 Å². The molecule has 0 unspecified atom stereocenters. The molecule has 0 aromatic heterocycles. The van der Waals surface area contributed by atoms with Crippen LogP contribution in [0.1, 0.15) is 37.6 Å². The minimum atomic E-state index is -0.173. The average molecular weight is 241 g/mol. The van der Waals surface area contributed by atoms with E-state index in [4.69, 9.17) is 0 Å². The predicted molar refractivity (Wildman–Crippen MR) is 75.8 cm³/mol. The molecule has 0 heterocycles. The Morgan fingerprint density at radius 2 is 1.78 bits per heavy atom. The van der Waals surface area contributed by atoms with Crippen molar-refractivity contribution in [2.45, 2.75) is 32.7 Å². The Balaban J connectivity index is 2.39. The summed E-state index contributed by atoms with van der Waals surface area (Å²) in [6, 6.07) is 13.8. The average Bonchev–Trinajstić information content (AvgIpc) is 2.37. The van der Waals surface area contributed by atoms with Crippen LogP contribution in [0, 0.1) is 0 Å². The summed E-state index contributed by atoms with van der Waals surface area (Å²) in [6.45, 7) is 6.15. The number of amides is 1. The highest BCUT2D eigenvalue weighted by atomic mass is 16.1. The first-order valence-electron chi connectivity index (χ1n) is 6.34. The van der Waals surface area contributed by atoms with Gasteiger partial charge in [-0.15, -0.1) is 0 Å². The van der Waals surface area contributed by atoms with Crippen LogP contribution in [0.2, 0.25) is 0 Å². The Hall–Kier alpha value is -1.83. The van der Waals surface area contributed by atoms with Crippen LogP contribution in [0.5, 0.6) is 0 Å². The maximum Gasteiger partial charge on any atom is 0.252 e. The van der Waals surface area contributed by atoms with Crippen molar-refractivity contribution in [3.05, 3.63) is 48.0 Å². The topological polar surface area (TPSA) is 29.1 Å². The van der Waals surface area contributed by atoms with E-state index in [2.05, 4.69) is 12.2 Å². The van der Waals surface area contributed by atoms with Gasteiger partial charge in [-0.1, -0.05) is 43.3 Å². The SMILES string of the molecule is CCC(C)(C)NC(=O)c1cccc2ccccc12. The van der Waals surface area contributed by atoms with Gasteiger partial charge in [0.15, 0.2) is 0 Å². The maximum absolute atomic E-state index is 12.3. The molecule has 2 rings (SSSR count). The molecule has 2 nitrogen and oxygen atoms in total. The molecule has 0 bridgehead atoms. The molecule has 2 heteroatoms. The molecule has 18 heavy (non-hydrogen) atoms. The molecule has 0 aliphatic rings. The van der Waals surface area contributed by atoms with Gasteiger partial charge in [0.25, 0.3) is 5.91 Å². The van der Waals surface area contributed by atoms with Gasteiger partial charge in [0, 0.05) is 11.1 Å². The van der Waals surface area contributed by atoms with E-state index in [0.717, 1.165) is 22.8 Å². The molecule has 0 fully saturated rings. The summed E-state index contributed by atoms with van der Waals surface area (Å²) in [6.07, 6.45) is 0.906. The van der Waals surface area contributed by atoms with Crippen molar-refractivity contribution in [1.29, 1.82) is 0 Å². The molecule has 94 valence electrons. The molecule has 0 spiro atoms. The van der Waals surface area contributed by atoms with Gasteiger partial charge in [-0.2, -0.15) is 0 Å². The summed E-state index contributed by atoms with van der Waals surface area (Å²) < 4.78 is 0. The fourth-order valence-electron chi connectivity index (χ4n) is 1.89. The van der Waals surface area contributed by atoms with E-state index in [1.54, 1.807) is 0 Å². The number of hydrogen-bond acceptors (Lipinski definition) is 1. The molecule has 1 N–H and O–H groups in total. The highest BCUT2D eigenvalue weighted by Gasteiger charge is 2.19. The number of nitrogens with one attached hydrogen (secondary N) is 1. The van der Waals surface area contributed by atoms with Gasteiger partial charge in [-0.05, 0) is 37.1 Å². The van der Waals surface area contributed by atoms with E-state index in [9.17, 15) is 4.79 Å². The summed E-state index contributed by atoms with van der Waals surface area (Å²) >= 11 is 0. The molecule has 2 aromatic carbocycles. The zero-order valence-electron chi connectivity index (χ0n) is 11.2. The van der Waals surface area contributed by atoms with E-state index >= 15 is 0 Å². The largest absolute Gasteiger partial charge is 0.347 e. The second-order valence-electron chi connectivity index (χ2n) is 5.22. The highest BCUT2D eigenvalue weighted by Crippen LogP contribution is 2.19. The maximum atomic E-state index is 12.3. The van der Waals surface area contributed by atoms with Crippen molar-refractivity contribution in [3.8, 4) is 0 Å². The third kappa shape index (κ3) is 2.53. The van der Waals surface area contributed by atoms with Gasteiger partial charge in [0.2, 0.25) is 0 Å². The zero-order valence-corrected chi connectivity index (χ0v) is 11.2. The molecule has 1 amide bonds. The Morgan fingerprint density at radius 3 is 2.50 bits per heavy atom. The lowest BCUT2D eigenvalue weighted by Gasteiger charge is -2.24. The van der Waals surface area contributed by atoms with Gasteiger partial charge >= 0.3 is 0 Å². The Kier molecular flexibility index (Phi) is 3.37. The van der Waals surface area contributed by atoms with Crippen molar-refractivity contribution in [2.75, 3.05) is 0 Å². The summed E-state index contributed by atoms with van der Waals surface area (Å²) in [4.78, 5) is 12.3. The van der Waals surface area contributed by atoms with Crippen LogP contribution >= 0.6 is 0 Å². The number of benzene rings is 2. The lowest BCUT2D eigenvalue weighted by atomic mass is 9.99. The molecular formula is C16H19NO. The summed E-state index contributed by atoms with van der Waals surface area (Å²) in [7, 11) is 0. The van der Waals surface area contributed by atoms with E-state index in [1.165, 1.54) is 0 Å². The molecular weight excluding hydrogens is 222 g/mol. The highest BCUT2D eigenvalue weighted by molar-refractivity contribution is 6.07. The van der Waals surface area contributed by atoms with Gasteiger partial charge in [0.05, 0.1) is 0 Å². The lowest BCUT2D eigenvalue weighted by Crippen LogP contribution is -2.42. The first kappa shape index (κ1) is 12.6. The van der Waals surface area contributed by atoms with Crippen molar-refractivity contribution < 1.29 is 4.79 Å². The minimum absolute atomic E-state index is 0.00125. The van der Waals surface area contributed by atoms with Gasteiger partial charge in [-0.25, -0.2) is 0 Å². The third-order valence-electron chi connectivity index (χ3n) is 3.37. The second-order valence-corrected chi connectivity index (χ2v) is 5.22. The lowest BCUT2D eigenvalue weighted by molar-refractivity contribution is 0.0913. The fourth-order valence-corrected chi connectivity index (χ4v) is 1.89. The zero-order chi connectivity index (χ0) is 13.2. The fraction of sp³-hybridized carbons (Fsp3) is 0.312. The normalized spacial score (nSPS) is 11.5.